The van der Waals surface area contributed by atoms with Gasteiger partial charge in [-0.3, -0.25) is 0 Å². The number of hydrogen-bond donors (Lipinski definition) is 2. The lowest BCUT2D eigenvalue weighted by Gasteiger charge is -2.31. The second kappa shape index (κ2) is 6.46. The van der Waals surface area contributed by atoms with Gasteiger partial charge in [0, 0.05) is 0 Å². The van der Waals surface area contributed by atoms with Crippen molar-refractivity contribution < 1.29 is 9.84 Å². The quantitative estimate of drug-likeness (QED) is 0.671. The van der Waals surface area contributed by atoms with Crippen LogP contribution in [0.5, 0.6) is 0 Å². The van der Waals surface area contributed by atoms with Gasteiger partial charge in [-0.05, 0) is 18.8 Å². The Morgan fingerprint density at radius 3 is 2.27 bits per heavy atom. The van der Waals surface area contributed by atoms with Crippen molar-refractivity contribution in [3.8, 4) is 0 Å². The van der Waals surface area contributed by atoms with Crippen molar-refractivity contribution in [3.63, 3.8) is 0 Å². The van der Waals surface area contributed by atoms with E-state index in [2.05, 4.69) is 27.7 Å². The second-order valence-corrected chi connectivity index (χ2v) is 5.34. The molecule has 3 nitrogen and oxygen atoms in total. The summed E-state index contributed by atoms with van der Waals surface area (Å²) in [5.41, 5.74) is 5.85. The van der Waals surface area contributed by atoms with Gasteiger partial charge in [0.2, 0.25) is 0 Å². The van der Waals surface area contributed by atoms with Crippen LogP contribution < -0.4 is 5.73 Å². The van der Waals surface area contributed by atoms with Crippen LogP contribution in [0.15, 0.2) is 0 Å². The summed E-state index contributed by atoms with van der Waals surface area (Å²) in [6, 6.07) is -0.269. The number of ether oxygens (including phenoxy) is 1. The first-order valence-electron chi connectivity index (χ1n) is 5.88. The third-order valence-electron chi connectivity index (χ3n) is 2.82. The van der Waals surface area contributed by atoms with E-state index in [9.17, 15) is 5.11 Å². The molecule has 15 heavy (non-hydrogen) atoms. The molecule has 0 radical (unpaired) electrons. The van der Waals surface area contributed by atoms with Crippen LogP contribution in [-0.2, 0) is 4.74 Å². The van der Waals surface area contributed by atoms with Crippen LogP contribution in [0, 0.1) is 5.41 Å². The van der Waals surface area contributed by atoms with Crippen molar-refractivity contribution in [1.29, 1.82) is 0 Å². The van der Waals surface area contributed by atoms with Gasteiger partial charge in [-0.15, -0.1) is 0 Å². The Morgan fingerprint density at radius 1 is 1.33 bits per heavy atom. The molecular formula is C12H27NO2. The van der Waals surface area contributed by atoms with E-state index in [0.717, 1.165) is 19.3 Å². The zero-order valence-corrected chi connectivity index (χ0v) is 10.8. The molecule has 0 aromatic carbocycles. The average molecular weight is 217 g/mol. The zero-order chi connectivity index (χ0) is 12.1. The van der Waals surface area contributed by atoms with Gasteiger partial charge in [0.1, 0.15) is 0 Å². The third kappa shape index (κ3) is 6.13. The largest absolute Gasteiger partial charge is 0.367 e. The van der Waals surface area contributed by atoms with Gasteiger partial charge in [-0.1, -0.05) is 40.5 Å². The smallest absolute Gasteiger partial charge is 0.170 e. The third-order valence-corrected chi connectivity index (χ3v) is 2.82. The standard InChI is InChI=1S/C12H27NO2/c1-6-7-8-10(13)11(14)15-9(2)12(3,4)5/h9-11,14H,6-8,13H2,1-5H3. The van der Waals surface area contributed by atoms with E-state index < -0.39 is 6.29 Å². The van der Waals surface area contributed by atoms with Gasteiger partial charge < -0.3 is 15.6 Å². The molecule has 0 aliphatic rings. The molecule has 0 amide bonds. The van der Waals surface area contributed by atoms with Crippen molar-refractivity contribution >= 4 is 0 Å². The summed E-state index contributed by atoms with van der Waals surface area (Å²) in [5, 5.41) is 9.73. The molecule has 0 aromatic rings. The van der Waals surface area contributed by atoms with Crippen LogP contribution in [0.4, 0.5) is 0 Å². The SMILES string of the molecule is CCCCC(N)C(O)OC(C)C(C)(C)C. The molecular weight excluding hydrogens is 190 g/mol. The Morgan fingerprint density at radius 2 is 1.87 bits per heavy atom. The van der Waals surface area contributed by atoms with E-state index in [-0.39, 0.29) is 17.6 Å². The maximum atomic E-state index is 9.73. The fraction of sp³-hybridized carbons (Fsp3) is 1.00. The van der Waals surface area contributed by atoms with Gasteiger partial charge in [-0.2, -0.15) is 0 Å². The highest BCUT2D eigenvalue weighted by Crippen LogP contribution is 2.23. The maximum Gasteiger partial charge on any atom is 0.170 e. The summed E-state index contributed by atoms with van der Waals surface area (Å²) in [5.74, 6) is 0. The lowest BCUT2D eigenvalue weighted by atomic mass is 9.90. The lowest BCUT2D eigenvalue weighted by molar-refractivity contribution is -0.168. The van der Waals surface area contributed by atoms with Crippen molar-refractivity contribution in [2.24, 2.45) is 11.1 Å². The molecule has 0 aromatic heterocycles. The van der Waals surface area contributed by atoms with Gasteiger partial charge >= 0.3 is 0 Å². The second-order valence-electron chi connectivity index (χ2n) is 5.34. The molecule has 3 N–H and O–H groups in total. The summed E-state index contributed by atoms with van der Waals surface area (Å²) in [6.07, 6.45) is 2.10. The summed E-state index contributed by atoms with van der Waals surface area (Å²) >= 11 is 0. The zero-order valence-electron chi connectivity index (χ0n) is 10.8. The number of hydrogen-bond acceptors (Lipinski definition) is 3. The first-order valence-corrected chi connectivity index (χ1v) is 5.88. The maximum absolute atomic E-state index is 9.73. The molecule has 0 aliphatic carbocycles. The van der Waals surface area contributed by atoms with Gasteiger partial charge in [0.25, 0.3) is 0 Å². The molecule has 0 saturated carbocycles. The fourth-order valence-corrected chi connectivity index (χ4v) is 1.10. The first-order chi connectivity index (χ1) is 6.79. The van der Waals surface area contributed by atoms with E-state index in [4.69, 9.17) is 10.5 Å². The molecule has 3 atom stereocenters. The molecule has 0 heterocycles. The van der Waals surface area contributed by atoms with Crippen molar-refractivity contribution in [2.75, 3.05) is 0 Å². The summed E-state index contributed by atoms with van der Waals surface area (Å²) in [7, 11) is 0. The van der Waals surface area contributed by atoms with Crippen molar-refractivity contribution in [1.82, 2.24) is 0 Å². The Hall–Kier alpha value is -0.120. The molecule has 0 rings (SSSR count). The highest BCUT2D eigenvalue weighted by atomic mass is 16.6. The molecule has 0 aliphatic heterocycles. The van der Waals surface area contributed by atoms with E-state index in [1.54, 1.807) is 0 Å². The van der Waals surface area contributed by atoms with E-state index in [0.29, 0.717) is 0 Å². The van der Waals surface area contributed by atoms with Crippen LogP contribution >= 0.6 is 0 Å². The van der Waals surface area contributed by atoms with Crippen LogP contribution in [-0.4, -0.2) is 23.5 Å². The molecule has 3 unspecified atom stereocenters. The molecule has 92 valence electrons. The lowest BCUT2D eigenvalue weighted by Crippen LogP contribution is -2.41. The molecule has 0 bridgehead atoms. The number of aliphatic hydroxyl groups excluding tert-OH is 1. The average Bonchev–Trinajstić information content (AvgIpc) is 2.12. The number of nitrogens with two attached hydrogens (primary N) is 1. The van der Waals surface area contributed by atoms with Crippen LogP contribution in [0.1, 0.15) is 53.9 Å². The monoisotopic (exact) mass is 217 g/mol. The summed E-state index contributed by atoms with van der Waals surface area (Å²) < 4.78 is 5.50. The predicted molar refractivity (Wildman–Crippen MR) is 63.5 cm³/mol. The van der Waals surface area contributed by atoms with Crippen LogP contribution in [0.2, 0.25) is 0 Å². The molecule has 0 spiro atoms. The Balaban J connectivity index is 3.95. The topological polar surface area (TPSA) is 55.5 Å². The van der Waals surface area contributed by atoms with Gasteiger partial charge in [0.05, 0.1) is 12.1 Å². The molecule has 0 fully saturated rings. The van der Waals surface area contributed by atoms with E-state index in [1.165, 1.54) is 0 Å². The number of unbranched alkanes of at least 4 members (excludes halogenated alkanes) is 1. The van der Waals surface area contributed by atoms with E-state index in [1.807, 2.05) is 6.92 Å². The van der Waals surface area contributed by atoms with Crippen molar-refractivity contribution in [2.45, 2.75) is 72.3 Å². The van der Waals surface area contributed by atoms with Crippen LogP contribution in [0.3, 0.4) is 0 Å². The van der Waals surface area contributed by atoms with Crippen molar-refractivity contribution in [3.05, 3.63) is 0 Å². The van der Waals surface area contributed by atoms with Gasteiger partial charge in [0.15, 0.2) is 6.29 Å². The highest BCUT2D eigenvalue weighted by molar-refractivity contribution is 4.73. The Kier molecular flexibility index (Phi) is 6.41. The first kappa shape index (κ1) is 14.9. The fourth-order valence-electron chi connectivity index (χ4n) is 1.10. The highest BCUT2D eigenvalue weighted by Gasteiger charge is 2.25. The molecule has 0 saturated heterocycles. The minimum Gasteiger partial charge on any atom is -0.367 e. The molecule has 3 heteroatoms. The summed E-state index contributed by atoms with van der Waals surface area (Å²) in [6.45, 7) is 10.3. The Bertz CT molecular complexity index is 165. The summed E-state index contributed by atoms with van der Waals surface area (Å²) in [4.78, 5) is 0. The minimum atomic E-state index is -0.842. The van der Waals surface area contributed by atoms with Crippen LogP contribution in [0.25, 0.3) is 0 Å². The number of aliphatic hydroxyl groups is 1. The Labute approximate surface area is 94.0 Å². The van der Waals surface area contributed by atoms with Gasteiger partial charge in [-0.25, -0.2) is 0 Å². The minimum absolute atomic E-state index is 0.000163. The normalized spacial score (nSPS) is 18.6. The number of rotatable bonds is 6. The predicted octanol–water partition coefficient (Wildman–Crippen LogP) is 2.27. The van der Waals surface area contributed by atoms with E-state index >= 15 is 0 Å².